The maximum absolute atomic E-state index is 12.3. The van der Waals surface area contributed by atoms with E-state index >= 15 is 0 Å². The predicted molar refractivity (Wildman–Crippen MR) is 103 cm³/mol. The fourth-order valence-corrected chi connectivity index (χ4v) is 3.86. The summed E-state index contributed by atoms with van der Waals surface area (Å²) in [6.45, 7) is 3.82. The molecule has 0 saturated heterocycles. The van der Waals surface area contributed by atoms with E-state index in [1.54, 1.807) is 30.3 Å². The van der Waals surface area contributed by atoms with Crippen LogP contribution in [-0.4, -0.2) is 27.0 Å². The second kappa shape index (κ2) is 7.71. The van der Waals surface area contributed by atoms with Crippen LogP contribution in [0, 0.1) is 13.8 Å². The quantitative estimate of drug-likeness (QED) is 0.603. The lowest BCUT2D eigenvalue weighted by atomic mass is 10.1. The molecule has 8 heteroatoms. The lowest BCUT2D eigenvalue weighted by Crippen LogP contribution is -2.34. The first-order chi connectivity index (χ1) is 12.9. The average Bonchev–Trinajstić information content (AvgIpc) is 2.92. The summed E-state index contributed by atoms with van der Waals surface area (Å²) in [5.41, 5.74) is 1.20. The van der Waals surface area contributed by atoms with Crippen molar-refractivity contribution in [1.29, 1.82) is 0 Å². The topological polar surface area (TPSA) is 112 Å². The summed E-state index contributed by atoms with van der Waals surface area (Å²) in [7, 11) is 0. The zero-order chi connectivity index (χ0) is 19.6. The van der Waals surface area contributed by atoms with E-state index in [1.807, 2.05) is 13.8 Å². The van der Waals surface area contributed by atoms with Crippen molar-refractivity contribution in [1.82, 2.24) is 15.3 Å². The molecule has 1 amide bonds. The number of nitrogens with one attached hydrogen (secondary N) is 2. The number of carboxylic acid groups (broad SMARTS) is 1. The normalized spacial score (nSPS) is 12.1. The molecular weight excluding hydrogens is 366 g/mol. The second-order valence-corrected chi connectivity index (χ2v) is 7.43. The second-order valence-electron chi connectivity index (χ2n) is 6.23. The Morgan fingerprint density at radius 2 is 1.96 bits per heavy atom. The number of carboxylic acids is 1. The van der Waals surface area contributed by atoms with E-state index in [2.05, 4.69) is 15.3 Å². The van der Waals surface area contributed by atoms with Gasteiger partial charge in [-0.15, -0.1) is 11.3 Å². The molecule has 3 aromatic rings. The fraction of sp³-hybridized carbons (Fsp3) is 0.263. The molecular formula is C19H19N3O4S. The average molecular weight is 385 g/mol. The van der Waals surface area contributed by atoms with Crippen molar-refractivity contribution in [3.8, 4) is 0 Å². The number of nitrogens with zero attached hydrogens (tertiary/aromatic N) is 1. The number of carbonyl (C=O) groups excluding carboxylic acids is 1. The molecule has 1 atom stereocenters. The Bertz CT molecular complexity index is 1060. The molecule has 1 aromatic carbocycles. The van der Waals surface area contributed by atoms with E-state index in [-0.39, 0.29) is 18.4 Å². The molecule has 0 bridgehead atoms. The summed E-state index contributed by atoms with van der Waals surface area (Å²) in [5, 5.41) is 12.5. The molecule has 0 aliphatic rings. The third kappa shape index (κ3) is 4.06. The number of thiophene rings is 1. The molecule has 2 aromatic heterocycles. The largest absolute Gasteiger partial charge is 0.479 e. The molecule has 0 aliphatic heterocycles. The molecule has 3 N–H and O–H groups in total. The lowest BCUT2D eigenvalue weighted by Gasteiger charge is -2.14. The fourth-order valence-electron chi connectivity index (χ4n) is 2.82. The monoisotopic (exact) mass is 385 g/mol. The zero-order valence-corrected chi connectivity index (χ0v) is 15.7. The number of aliphatic carboxylic acids is 1. The standard InChI is InChI=1S/C19H19N3O4S/c1-10-11(2)27-18-15(10)17(24)20-13(21-18)8-9-14(23)22-16(19(25)26)12-6-4-3-5-7-12/h3-7,16H,8-9H2,1-2H3,(H,22,23)(H,25,26)(H,20,21,24). The summed E-state index contributed by atoms with van der Waals surface area (Å²) in [6, 6.07) is 7.38. The number of benzene rings is 1. The number of hydrogen-bond acceptors (Lipinski definition) is 5. The Balaban J connectivity index is 1.71. The van der Waals surface area contributed by atoms with Gasteiger partial charge in [0.25, 0.3) is 5.56 Å². The van der Waals surface area contributed by atoms with E-state index < -0.39 is 17.9 Å². The maximum Gasteiger partial charge on any atom is 0.330 e. The van der Waals surface area contributed by atoms with Crippen molar-refractivity contribution in [3.63, 3.8) is 0 Å². The van der Waals surface area contributed by atoms with Crippen LogP contribution in [0.15, 0.2) is 35.1 Å². The number of aromatic amines is 1. The van der Waals surface area contributed by atoms with Crippen LogP contribution in [0.4, 0.5) is 0 Å². The van der Waals surface area contributed by atoms with Gasteiger partial charge in [-0.3, -0.25) is 9.59 Å². The molecule has 0 fully saturated rings. The molecule has 0 aliphatic carbocycles. The van der Waals surface area contributed by atoms with Crippen molar-refractivity contribution in [2.24, 2.45) is 0 Å². The Kier molecular flexibility index (Phi) is 5.36. The first kappa shape index (κ1) is 18.8. The summed E-state index contributed by atoms with van der Waals surface area (Å²) in [5.74, 6) is -1.14. The molecule has 27 heavy (non-hydrogen) atoms. The van der Waals surface area contributed by atoms with Gasteiger partial charge < -0.3 is 15.4 Å². The molecule has 0 spiro atoms. The van der Waals surface area contributed by atoms with Crippen LogP contribution in [0.5, 0.6) is 0 Å². The minimum atomic E-state index is -1.13. The van der Waals surface area contributed by atoms with E-state index in [4.69, 9.17) is 0 Å². The minimum absolute atomic E-state index is 0.0222. The van der Waals surface area contributed by atoms with E-state index in [1.165, 1.54) is 11.3 Å². The highest BCUT2D eigenvalue weighted by molar-refractivity contribution is 7.18. The molecule has 0 radical (unpaired) electrons. The van der Waals surface area contributed by atoms with E-state index in [0.29, 0.717) is 21.6 Å². The number of amides is 1. The van der Waals surface area contributed by atoms with Gasteiger partial charge in [0.15, 0.2) is 6.04 Å². The van der Waals surface area contributed by atoms with Crippen LogP contribution in [0.3, 0.4) is 0 Å². The lowest BCUT2D eigenvalue weighted by molar-refractivity contribution is -0.142. The molecule has 2 heterocycles. The molecule has 3 rings (SSSR count). The first-order valence-corrected chi connectivity index (χ1v) is 9.24. The van der Waals surface area contributed by atoms with Crippen molar-refractivity contribution in [3.05, 3.63) is 62.5 Å². The predicted octanol–water partition coefficient (Wildman–Crippen LogP) is 2.48. The summed E-state index contributed by atoms with van der Waals surface area (Å²) in [6.07, 6.45) is 0.239. The Hall–Kier alpha value is -3.00. The van der Waals surface area contributed by atoms with Crippen LogP contribution in [0.25, 0.3) is 10.2 Å². The van der Waals surface area contributed by atoms with Crippen LogP contribution >= 0.6 is 11.3 Å². The highest BCUT2D eigenvalue weighted by Crippen LogP contribution is 2.25. The van der Waals surface area contributed by atoms with Crippen LogP contribution in [0.2, 0.25) is 0 Å². The zero-order valence-electron chi connectivity index (χ0n) is 14.9. The minimum Gasteiger partial charge on any atom is -0.479 e. The summed E-state index contributed by atoms with van der Waals surface area (Å²) in [4.78, 5) is 44.8. The summed E-state index contributed by atoms with van der Waals surface area (Å²) < 4.78 is 0. The van der Waals surface area contributed by atoms with Gasteiger partial charge in [-0.05, 0) is 25.0 Å². The van der Waals surface area contributed by atoms with Crippen molar-refractivity contribution < 1.29 is 14.7 Å². The van der Waals surface area contributed by atoms with Crippen LogP contribution in [-0.2, 0) is 16.0 Å². The Morgan fingerprint density at radius 3 is 2.63 bits per heavy atom. The highest BCUT2D eigenvalue weighted by Gasteiger charge is 2.22. The van der Waals surface area contributed by atoms with E-state index in [9.17, 15) is 19.5 Å². The smallest absolute Gasteiger partial charge is 0.330 e. The molecule has 140 valence electrons. The van der Waals surface area contributed by atoms with Gasteiger partial charge in [0, 0.05) is 17.7 Å². The summed E-state index contributed by atoms with van der Waals surface area (Å²) >= 11 is 1.44. The SMILES string of the molecule is Cc1sc2nc(CCC(=O)NC(C(=O)O)c3ccccc3)[nH]c(=O)c2c1C. The third-order valence-corrected chi connectivity index (χ3v) is 5.46. The molecule has 1 unspecified atom stereocenters. The van der Waals surface area contributed by atoms with Crippen molar-refractivity contribution in [2.45, 2.75) is 32.7 Å². The number of H-pyrrole nitrogens is 1. The number of rotatable bonds is 6. The van der Waals surface area contributed by atoms with Crippen LogP contribution in [0.1, 0.15) is 34.3 Å². The van der Waals surface area contributed by atoms with Gasteiger partial charge in [-0.1, -0.05) is 30.3 Å². The van der Waals surface area contributed by atoms with Crippen molar-refractivity contribution >= 4 is 33.4 Å². The Labute approximate surface area is 159 Å². The van der Waals surface area contributed by atoms with Gasteiger partial charge in [0.2, 0.25) is 5.91 Å². The number of aromatic nitrogens is 2. The first-order valence-electron chi connectivity index (χ1n) is 8.43. The maximum atomic E-state index is 12.3. The number of aryl methyl sites for hydroxylation is 3. The molecule has 0 saturated carbocycles. The number of carbonyl (C=O) groups is 2. The van der Waals surface area contributed by atoms with Gasteiger partial charge in [-0.2, -0.15) is 0 Å². The van der Waals surface area contributed by atoms with Crippen molar-refractivity contribution in [2.75, 3.05) is 0 Å². The van der Waals surface area contributed by atoms with Crippen LogP contribution < -0.4 is 10.9 Å². The van der Waals surface area contributed by atoms with Gasteiger partial charge >= 0.3 is 5.97 Å². The highest BCUT2D eigenvalue weighted by atomic mass is 32.1. The van der Waals surface area contributed by atoms with Gasteiger partial charge in [0.05, 0.1) is 5.39 Å². The van der Waals surface area contributed by atoms with Gasteiger partial charge in [0.1, 0.15) is 10.7 Å². The molecule has 7 nitrogen and oxygen atoms in total. The Morgan fingerprint density at radius 1 is 1.26 bits per heavy atom. The number of fused-ring (bicyclic) bond motifs is 1. The van der Waals surface area contributed by atoms with Gasteiger partial charge in [-0.25, -0.2) is 9.78 Å². The van der Waals surface area contributed by atoms with E-state index in [0.717, 1.165) is 10.4 Å². The third-order valence-electron chi connectivity index (χ3n) is 4.36. The number of hydrogen-bond donors (Lipinski definition) is 3.